The maximum atomic E-state index is 11.0. The van der Waals surface area contributed by atoms with Crippen molar-refractivity contribution in [2.45, 2.75) is 0 Å². The summed E-state index contributed by atoms with van der Waals surface area (Å²) in [6, 6.07) is 6.99. The number of hydrogen-bond donors (Lipinski definition) is 0. The van der Waals surface area contributed by atoms with Gasteiger partial charge in [0.25, 0.3) is 0 Å². The lowest BCUT2D eigenvalue weighted by atomic mass is 10.1. The molecule has 1 aromatic carbocycles. The predicted molar refractivity (Wildman–Crippen MR) is 39.2 cm³/mol. The molecule has 2 rings (SSSR count). The average molecular weight is 145 g/mol. The van der Waals surface area contributed by atoms with Crippen LogP contribution in [0.25, 0.3) is 0 Å². The van der Waals surface area contributed by atoms with Gasteiger partial charge in [0.1, 0.15) is 0 Å². The summed E-state index contributed by atoms with van der Waals surface area (Å²) in [7, 11) is 0. The highest BCUT2D eigenvalue weighted by molar-refractivity contribution is 6.50. The van der Waals surface area contributed by atoms with E-state index in [4.69, 9.17) is 0 Å². The fourth-order valence-corrected chi connectivity index (χ4v) is 1.17. The molecule has 1 aliphatic carbocycles. The van der Waals surface area contributed by atoms with Crippen molar-refractivity contribution >= 4 is 11.6 Å². The van der Waals surface area contributed by atoms with Gasteiger partial charge < -0.3 is 0 Å². The largest absolute Gasteiger partial charge is 0.290 e. The number of rotatable bonds is 0. The summed E-state index contributed by atoms with van der Waals surface area (Å²) < 4.78 is 0. The molecule has 0 saturated heterocycles. The summed E-state index contributed by atoms with van der Waals surface area (Å²) in [5.74, 6) is -0.799. The highest BCUT2D eigenvalue weighted by Gasteiger charge is 2.27. The molecular formula is C9H5O2. The molecule has 0 aliphatic heterocycles. The number of hydrogen-bond acceptors (Lipinski definition) is 2. The van der Waals surface area contributed by atoms with E-state index in [1.165, 1.54) is 6.42 Å². The van der Waals surface area contributed by atoms with E-state index in [1.807, 2.05) is 0 Å². The molecule has 0 amide bonds. The lowest BCUT2D eigenvalue weighted by molar-refractivity contribution is -0.111. The van der Waals surface area contributed by atoms with Gasteiger partial charge in [0.05, 0.1) is 6.42 Å². The molecule has 1 radical (unpaired) electrons. The maximum absolute atomic E-state index is 11.0. The lowest BCUT2D eigenvalue weighted by Crippen LogP contribution is -2.04. The maximum Gasteiger partial charge on any atom is 0.229 e. The molecule has 0 spiro atoms. The molecule has 0 unspecified atom stereocenters. The highest BCUT2D eigenvalue weighted by Crippen LogP contribution is 2.19. The number of Topliss-reactive ketones (excluding diaryl/α,β-unsaturated/α-hetero) is 2. The first-order chi connectivity index (χ1) is 5.29. The highest BCUT2D eigenvalue weighted by atomic mass is 16.2. The van der Waals surface area contributed by atoms with Gasteiger partial charge in [-0.1, -0.05) is 24.3 Å². The van der Waals surface area contributed by atoms with Crippen molar-refractivity contribution in [3.8, 4) is 0 Å². The Morgan fingerprint density at radius 2 is 1.73 bits per heavy atom. The van der Waals surface area contributed by atoms with Crippen LogP contribution in [0.1, 0.15) is 15.9 Å². The molecule has 0 aromatic heterocycles. The van der Waals surface area contributed by atoms with E-state index in [2.05, 4.69) is 0 Å². The van der Waals surface area contributed by atoms with Crippen LogP contribution in [0.3, 0.4) is 0 Å². The van der Waals surface area contributed by atoms with E-state index >= 15 is 0 Å². The fraction of sp³-hybridized carbons (Fsp3) is 0. The van der Waals surface area contributed by atoms with Gasteiger partial charge in [0, 0.05) is 5.56 Å². The summed E-state index contributed by atoms with van der Waals surface area (Å²) >= 11 is 0. The van der Waals surface area contributed by atoms with Crippen LogP contribution in [-0.2, 0) is 4.79 Å². The van der Waals surface area contributed by atoms with Crippen molar-refractivity contribution in [3.05, 3.63) is 41.8 Å². The smallest absolute Gasteiger partial charge is 0.229 e. The number of ketones is 2. The predicted octanol–water partition coefficient (Wildman–Crippen LogP) is 1.00. The summed E-state index contributed by atoms with van der Waals surface area (Å²) in [6.07, 6.45) is 1.37. The molecule has 1 aromatic rings. The van der Waals surface area contributed by atoms with Crippen LogP contribution in [0, 0.1) is 6.42 Å². The van der Waals surface area contributed by atoms with E-state index in [0.29, 0.717) is 5.56 Å². The molecule has 2 heteroatoms. The third kappa shape index (κ3) is 0.792. The molecule has 53 valence electrons. The molecule has 0 fully saturated rings. The minimum atomic E-state index is -0.411. The van der Waals surface area contributed by atoms with Gasteiger partial charge in [-0.3, -0.25) is 9.59 Å². The third-order valence-electron chi connectivity index (χ3n) is 1.72. The first kappa shape index (κ1) is 6.28. The van der Waals surface area contributed by atoms with Gasteiger partial charge in [0.15, 0.2) is 0 Å². The van der Waals surface area contributed by atoms with Gasteiger partial charge in [0.2, 0.25) is 11.6 Å². The van der Waals surface area contributed by atoms with Crippen LogP contribution >= 0.6 is 0 Å². The van der Waals surface area contributed by atoms with Crippen molar-refractivity contribution in [1.82, 2.24) is 0 Å². The molecule has 1 aliphatic rings. The second kappa shape index (κ2) is 2.02. The van der Waals surface area contributed by atoms with Crippen molar-refractivity contribution in [1.29, 1.82) is 0 Å². The Hall–Kier alpha value is -1.44. The SMILES string of the molecule is O=C1[CH]c2ccccc2C1=O. The second-order valence-corrected chi connectivity index (χ2v) is 2.42. The number of fused-ring (bicyclic) bond motifs is 1. The van der Waals surface area contributed by atoms with Crippen molar-refractivity contribution in [2.75, 3.05) is 0 Å². The van der Waals surface area contributed by atoms with Gasteiger partial charge in [-0.05, 0) is 5.56 Å². The van der Waals surface area contributed by atoms with Gasteiger partial charge in [-0.25, -0.2) is 0 Å². The second-order valence-electron chi connectivity index (χ2n) is 2.42. The van der Waals surface area contributed by atoms with Gasteiger partial charge >= 0.3 is 0 Å². The quantitative estimate of drug-likeness (QED) is 0.510. The van der Waals surface area contributed by atoms with Crippen molar-refractivity contribution in [2.24, 2.45) is 0 Å². The van der Waals surface area contributed by atoms with E-state index in [1.54, 1.807) is 24.3 Å². The summed E-state index contributed by atoms with van der Waals surface area (Å²) in [5, 5.41) is 0. The van der Waals surface area contributed by atoms with Crippen LogP contribution in [-0.4, -0.2) is 11.6 Å². The molecule has 0 bridgehead atoms. The van der Waals surface area contributed by atoms with Gasteiger partial charge in [-0.2, -0.15) is 0 Å². The Kier molecular flexibility index (Phi) is 1.15. The Morgan fingerprint density at radius 3 is 2.45 bits per heavy atom. The molecular weight excluding hydrogens is 140 g/mol. The topological polar surface area (TPSA) is 34.1 Å². The van der Waals surface area contributed by atoms with Crippen molar-refractivity contribution < 1.29 is 9.59 Å². The first-order valence-corrected chi connectivity index (χ1v) is 3.31. The van der Waals surface area contributed by atoms with Crippen LogP contribution < -0.4 is 0 Å². The Balaban J connectivity index is 2.64. The minimum Gasteiger partial charge on any atom is -0.290 e. The van der Waals surface area contributed by atoms with E-state index in [-0.39, 0.29) is 5.78 Å². The van der Waals surface area contributed by atoms with Crippen LogP contribution in [0.2, 0.25) is 0 Å². The zero-order valence-corrected chi connectivity index (χ0v) is 5.70. The lowest BCUT2D eigenvalue weighted by Gasteiger charge is -1.90. The van der Waals surface area contributed by atoms with Crippen molar-refractivity contribution in [3.63, 3.8) is 0 Å². The molecule has 0 heterocycles. The zero-order chi connectivity index (χ0) is 7.84. The van der Waals surface area contributed by atoms with E-state index in [0.717, 1.165) is 5.56 Å². The fourth-order valence-electron chi connectivity index (χ4n) is 1.17. The number of carbonyl (C=O) groups excluding carboxylic acids is 2. The van der Waals surface area contributed by atoms with E-state index < -0.39 is 5.78 Å². The Labute approximate surface area is 63.8 Å². The first-order valence-electron chi connectivity index (χ1n) is 3.31. The van der Waals surface area contributed by atoms with Crippen LogP contribution in [0.5, 0.6) is 0 Å². The number of benzene rings is 1. The number of carbonyl (C=O) groups is 2. The van der Waals surface area contributed by atoms with E-state index in [9.17, 15) is 9.59 Å². The Morgan fingerprint density at radius 1 is 1.00 bits per heavy atom. The van der Waals surface area contributed by atoms with Gasteiger partial charge in [-0.15, -0.1) is 0 Å². The average Bonchev–Trinajstić information content (AvgIpc) is 2.30. The summed E-state index contributed by atoms with van der Waals surface area (Å²) in [4.78, 5) is 21.8. The monoisotopic (exact) mass is 145 g/mol. The molecule has 0 atom stereocenters. The minimum absolute atomic E-state index is 0.388. The van der Waals surface area contributed by atoms with Crippen LogP contribution in [0.4, 0.5) is 0 Å². The molecule has 0 N–H and O–H groups in total. The normalized spacial score (nSPS) is 15.3. The zero-order valence-electron chi connectivity index (χ0n) is 5.70. The third-order valence-corrected chi connectivity index (χ3v) is 1.72. The summed E-state index contributed by atoms with van der Waals surface area (Å²) in [5.41, 5.74) is 1.26. The van der Waals surface area contributed by atoms with Crippen LogP contribution in [0.15, 0.2) is 24.3 Å². The summed E-state index contributed by atoms with van der Waals surface area (Å²) in [6.45, 7) is 0. The molecule has 0 saturated carbocycles. The standard InChI is InChI=1S/C9H5O2/c10-8-5-6-3-1-2-4-7(6)9(8)11/h1-5H. The Bertz CT molecular complexity index is 339. The molecule has 2 nitrogen and oxygen atoms in total. The molecule has 11 heavy (non-hydrogen) atoms.